The first-order valence-electron chi connectivity index (χ1n) is 9.15. The maximum absolute atomic E-state index is 12.2. The Bertz CT molecular complexity index is 910. The van der Waals surface area contributed by atoms with Crippen molar-refractivity contribution in [3.8, 4) is 11.5 Å². The van der Waals surface area contributed by atoms with Gasteiger partial charge in [0.2, 0.25) is 11.8 Å². The Morgan fingerprint density at radius 3 is 2.45 bits per heavy atom. The first-order chi connectivity index (χ1) is 13.8. The Morgan fingerprint density at radius 2 is 1.83 bits per heavy atom. The molecule has 2 N–H and O–H groups in total. The van der Waals surface area contributed by atoms with Crippen LogP contribution in [0.2, 0.25) is 5.02 Å². The number of anilines is 2. The van der Waals surface area contributed by atoms with E-state index in [9.17, 15) is 9.59 Å². The molecule has 0 radical (unpaired) electrons. The summed E-state index contributed by atoms with van der Waals surface area (Å²) in [6.45, 7) is 6.03. The zero-order valence-corrected chi connectivity index (χ0v) is 17.7. The molecule has 0 atom stereocenters. The van der Waals surface area contributed by atoms with Crippen molar-refractivity contribution in [2.75, 3.05) is 24.4 Å². The fraction of sp³-hybridized carbons (Fsp3) is 0.273. The van der Waals surface area contributed by atoms with E-state index in [1.54, 1.807) is 42.5 Å². The number of rotatable bonds is 8. The van der Waals surface area contributed by atoms with Crippen molar-refractivity contribution >= 4 is 40.9 Å². The minimum Gasteiger partial charge on any atom is -0.493 e. The van der Waals surface area contributed by atoms with Crippen LogP contribution < -0.4 is 20.1 Å². The Morgan fingerprint density at radius 1 is 1.14 bits per heavy atom. The number of carbonyl (C=O) groups is 2. The fourth-order valence-corrected chi connectivity index (χ4v) is 2.73. The lowest BCUT2D eigenvalue weighted by Gasteiger charge is -2.14. The van der Waals surface area contributed by atoms with Crippen molar-refractivity contribution in [1.29, 1.82) is 0 Å². The van der Waals surface area contributed by atoms with Crippen molar-refractivity contribution in [2.45, 2.75) is 20.8 Å². The number of nitrogens with one attached hydrogen (secondary N) is 2. The van der Waals surface area contributed by atoms with E-state index in [0.717, 1.165) is 0 Å². The first-order valence-corrected chi connectivity index (χ1v) is 9.53. The minimum atomic E-state index is -0.319. The summed E-state index contributed by atoms with van der Waals surface area (Å²) < 4.78 is 11.1. The molecule has 29 heavy (non-hydrogen) atoms. The van der Waals surface area contributed by atoms with Crippen LogP contribution in [-0.2, 0) is 9.59 Å². The number of methoxy groups -OCH3 is 1. The molecule has 2 aromatic rings. The molecule has 0 aromatic heterocycles. The summed E-state index contributed by atoms with van der Waals surface area (Å²) in [6, 6.07) is 10.4. The molecule has 7 heteroatoms. The molecule has 2 aromatic carbocycles. The third-order valence-electron chi connectivity index (χ3n) is 3.69. The molecule has 2 rings (SSSR count). The van der Waals surface area contributed by atoms with Crippen LogP contribution in [0.3, 0.4) is 0 Å². The van der Waals surface area contributed by atoms with Crippen LogP contribution in [0.1, 0.15) is 26.3 Å². The van der Waals surface area contributed by atoms with Gasteiger partial charge in [0.1, 0.15) is 0 Å². The van der Waals surface area contributed by atoms with Crippen LogP contribution in [0.5, 0.6) is 11.5 Å². The average Bonchev–Trinajstić information content (AvgIpc) is 2.64. The third kappa shape index (κ3) is 7.16. The monoisotopic (exact) mass is 416 g/mol. The molecule has 0 aliphatic heterocycles. The summed E-state index contributed by atoms with van der Waals surface area (Å²) in [7, 11) is 1.54. The zero-order chi connectivity index (χ0) is 21.4. The molecule has 0 bridgehead atoms. The van der Waals surface area contributed by atoms with Gasteiger partial charge < -0.3 is 20.1 Å². The van der Waals surface area contributed by atoms with E-state index in [1.807, 2.05) is 13.8 Å². The lowest BCUT2D eigenvalue weighted by Crippen LogP contribution is -2.09. The minimum absolute atomic E-state index is 0.181. The molecule has 6 nitrogen and oxygen atoms in total. The molecular weight excluding hydrogens is 392 g/mol. The summed E-state index contributed by atoms with van der Waals surface area (Å²) in [4.78, 5) is 23.4. The number of amides is 2. The van der Waals surface area contributed by atoms with E-state index < -0.39 is 0 Å². The summed E-state index contributed by atoms with van der Waals surface area (Å²) in [5.41, 5.74) is 1.87. The zero-order valence-electron chi connectivity index (χ0n) is 16.9. The van der Waals surface area contributed by atoms with Gasteiger partial charge in [0.05, 0.1) is 18.7 Å². The van der Waals surface area contributed by atoms with Gasteiger partial charge in [-0.1, -0.05) is 31.5 Å². The highest BCUT2D eigenvalue weighted by Gasteiger charge is 2.12. The van der Waals surface area contributed by atoms with Crippen LogP contribution in [0.25, 0.3) is 6.08 Å². The van der Waals surface area contributed by atoms with Gasteiger partial charge in [-0.05, 0) is 47.9 Å². The lowest BCUT2D eigenvalue weighted by atomic mass is 10.1. The van der Waals surface area contributed by atoms with Gasteiger partial charge in [-0.25, -0.2) is 0 Å². The summed E-state index contributed by atoms with van der Waals surface area (Å²) in [6.07, 6.45) is 3.03. The van der Waals surface area contributed by atoms with Crippen molar-refractivity contribution in [3.63, 3.8) is 0 Å². The van der Waals surface area contributed by atoms with Crippen molar-refractivity contribution < 1.29 is 19.1 Å². The smallest absolute Gasteiger partial charge is 0.248 e. The molecule has 0 aliphatic carbocycles. The van der Waals surface area contributed by atoms with E-state index >= 15 is 0 Å². The molecule has 0 aliphatic rings. The summed E-state index contributed by atoms with van der Waals surface area (Å²) >= 11 is 6.33. The van der Waals surface area contributed by atoms with E-state index in [4.69, 9.17) is 21.1 Å². The number of halogens is 1. The van der Waals surface area contributed by atoms with E-state index in [1.165, 1.54) is 20.1 Å². The second kappa shape index (κ2) is 10.5. The Labute approximate surface area is 175 Å². The highest BCUT2D eigenvalue weighted by Crippen LogP contribution is 2.37. The normalized spacial score (nSPS) is 10.8. The average molecular weight is 417 g/mol. The highest BCUT2D eigenvalue weighted by molar-refractivity contribution is 6.32. The molecule has 154 valence electrons. The van der Waals surface area contributed by atoms with Gasteiger partial charge in [0, 0.05) is 24.4 Å². The van der Waals surface area contributed by atoms with E-state index in [2.05, 4.69) is 10.6 Å². The third-order valence-corrected chi connectivity index (χ3v) is 3.97. The quantitative estimate of drug-likeness (QED) is 0.594. The fourth-order valence-electron chi connectivity index (χ4n) is 2.46. The van der Waals surface area contributed by atoms with E-state index in [0.29, 0.717) is 46.0 Å². The van der Waals surface area contributed by atoms with E-state index in [-0.39, 0.29) is 11.8 Å². The summed E-state index contributed by atoms with van der Waals surface area (Å²) in [5.74, 6) is 0.837. The number of hydrogen-bond donors (Lipinski definition) is 2. The number of hydrogen-bond acceptors (Lipinski definition) is 4. The second-order valence-electron chi connectivity index (χ2n) is 6.82. The molecule has 0 unspecified atom stereocenters. The number of carbonyl (C=O) groups excluding carboxylic acids is 2. The standard InChI is InChI=1S/C22H25ClN2O4/c1-14(2)13-29-22-19(23)10-16(11-20(22)28-4)8-9-21(27)25-18-7-5-6-17(12-18)24-15(3)26/h5-12,14H,13H2,1-4H3,(H,24,26)(H,25,27)/b9-8+. The van der Waals surface area contributed by atoms with Gasteiger partial charge in [0.15, 0.2) is 11.5 Å². The predicted octanol–water partition coefficient (Wildman–Crippen LogP) is 4.99. The molecule has 2 amide bonds. The van der Waals surface area contributed by atoms with Gasteiger partial charge >= 0.3 is 0 Å². The van der Waals surface area contributed by atoms with Crippen LogP contribution in [0.4, 0.5) is 11.4 Å². The van der Waals surface area contributed by atoms with Crippen molar-refractivity contribution in [2.24, 2.45) is 5.92 Å². The van der Waals surface area contributed by atoms with Crippen molar-refractivity contribution in [3.05, 3.63) is 53.1 Å². The topological polar surface area (TPSA) is 76.7 Å². The predicted molar refractivity (Wildman–Crippen MR) is 117 cm³/mol. The largest absolute Gasteiger partial charge is 0.493 e. The molecule has 0 saturated carbocycles. The maximum atomic E-state index is 12.2. The van der Waals surface area contributed by atoms with Crippen molar-refractivity contribution in [1.82, 2.24) is 0 Å². The van der Waals surface area contributed by atoms with Gasteiger partial charge in [0.25, 0.3) is 0 Å². The Balaban J connectivity index is 2.09. The molecule has 0 fully saturated rings. The SMILES string of the molecule is COc1cc(/C=C/C(=O)Nc2cccc(NC(C)=O)c2)cc(Cl)c1OCC(C)C. The maximum Gasteiger partial charge on any atom is 0.248 e. The molecular formula is C22H25ClN2O4. The van der Waals surface area contributed by atoms with Gasteiger partial charge in [-0.3, -0.25) is 9.59 Å². The number of benzene rings is 2. The number of ether oxygens (including phenoxy) is 2. The van der Waals surface area contributed by atoms with Gasteiger partial charge in [-0.2, -0.15) is 0 Å². The van der Waals surface area contributed by atoms with Crippen LogP contribution >= 0.6 is 11.6 Å². The molecule has 0 heterocycles. The van der Waals surface area contributed by atoms with Gasteiger partial charge in [-0.15, -0.1) is 0 Å². The highest BCUT2D eigenvalue weighted by atomic mass is 35.5. The van der Waals surface area contributed by atoms with Crippen LogP contribution in [0.15, 0.2) is 42.5 Å². The Hall–Kier alpha value is -2.99. The second-order valence-corrected chi connectivity index (χ2v) is 7.23. The van der Waals surface area contributed by atoms with Crippen LogP contribution in [-0.4, -0.2) is 25.5 Å². The summed E-state index contributed by atoms with van der Waals surface area (Å²) in [5, 5.41) is 5.83. The molecule has 0 spiro atoms. The lowest BCUT2D eigenvalue weighted by molar-refractivity contribution is -0.114. The Kier molecular flexibility index (Phi) is 8.09. The van der Waals surface area contributed by atoms with Crippen LogP contribution in [0, 0.1) is 5.92 Å². The molecule has 0 saturated heterocycles. The first kappa shape index (κ1) is 22.3.